The fourth-order valence-corrected chi connectivity index (χ4v) is 3.56. The number of halogens is 2. The Balaban J connectivity index is 1.78. The van der Waals surface area contributed by atoms with Crippen LogP contribution in [-0.2, 0) is 4.79 Å². The maximum Gasteiger partial charge on any atom is 0.272 e. The number of carbonyl (C=O) groups excluding carboxylic acids is 1. The lowest BCUT2D eigenvalue weighted by molar-refractivity contribution is -0.114. The fourth-order valence-electron chi connectivity index (χ4n) is 3.27. The molecular weight excluding hydrogens is 435 g/mol. The van der Waals surface area contributed by atoms with Gasteiger partial charge in [0.15, 0.2) is 17.3 Å². The van der Waals surface area contributed by atoms with E-state index in [1.807, 2.05) is 13.8 Å². The Kier molecular flexibility index (Phi) is 5.47. The standard InChI is InChI=1S/C21H22ClFN8O/c1-10(2)26-20-18(23)17(22)16(12-6-25-29-19(12)20)13-8-31-9-14(27-15(31)7-24-13)28-21(32)11(3)30(4)5/h6-10,26H,3H2,1-2,4-5H3,(H,25,29)(H,28,32). The maximum atomic E-state index is 15.2. The topological polar surface area (TPSA) is 103 Å². The van der Waals surface area contributed by atoms with Gasteiger partial charge in [0.25, 0.3) is 5.91 Å². The van der Waals surface area contributed by atoms with Crippen molar-refractivity contribution < 1.29 is 9.18 Å². The number of nitrogens with one attached hydrogen (secondary N) is 3. The second-order valence-electron chi connectivity index (χ2n) is 7.80. The van der Waals surface area contributed by atoms with E-state index >= 15 is 4.39 Å². The van der Waals surface area contributed by atoms with Crippen LogP contribution in [0.2, 0.25) is 5.02 Å². The maximum absolute atomic E-state index is 15.2. The summed E-state index contributed by atoms with van der Waals surface area (Å²) in [6.45, 7) is 7.54. The normalized spacial score (nSPS) is 11.3. The summed E-state index contributed by atoms with van der Waals surface area (Å²) in [6.07, 6.45) is 6.40. The number of hydrogen-bond acceptors (Lipinski definition) is 6. The van der Waals surface area contributed by atoms with Gasteiger partial charge in [0.2, 0.25) is 0 Å². The number of H-pyrrole nitrogens is 1. The molecule has 3 heterocycles. The average molecular weight is 457 g/mol. The molecule has 0 radical (unpaired) electrons. The molecule has 11 heteroatoms. The minimum atomic E-state index is -0.588. The number of fused-ring (bicyclic) bond motifs is 2. The number of benzene rings is 1. The van der Waals surface area contributed by atoms with E-state index in [0.29, 0.717) is 39.3 Å². The van der Waals surface area contributed by atoms with Crippen molar-refractivity contribution in [3.63, 3.8) is 0 Å². The van der Waals surface area contributed by atoms with Crippen LogP contribution in [0.15, 0.2) is 37.1 Å². The molecule has 166 valence electrons. The molecular formula is C21H22ClFN8O. The summed E-state index contributed by atoms with van der Waals surface area (Å²) in [5.74, 6) is -0.626. The smallest absolute Gasteiger partial charge is 0.272 e. The van der Waals surface area contributed by atoms with E-state index < -0.39 is 5.82 Å². The SMILES string of the molecule is C=C(C(=O)Nc1cn2cc(-c3c(Cl)c(F)c(NC(C)C)c4[nH]ncc34)ncc2n1)N(C)C. The number of anilines is 2. The lowest BCUT2D eigenvalue weighted by atomic mass is 10.1. The number of amides is 1. The van der Waals surface area contributed by atoms with Crippen molar-refractivity contribution in [2.24, 2.45) is 0 Å². The van der Waals surface area contributed by atoms with E-state index in [2.05, 4.69) is 37.4 Å². The molecule has 4 rings (SSSR count). The Morgan fingerprint density at radius 3 is 2.75 bits per heavy atom. The monoisotopic (exact) mass is 456 g/mol. The van der Waals surface area contributed by atoms with Gasteiger partial charge in [-0.2, -0.15) is 5.10 Å². The zero-order valence-electron chi connectivity index (χ0n) is 18.0. The van der Waals surface area contributed by atoms with Crippen LogP contribution >= 0.6 is 11.6 Å². The van der Waals surface area contributed by atoms with Gasteiger partial charge in [0, 0.05) is 37.3 Å². The average Bonchev–Trinajstić information content (AvgIpc) is 3.36. The second-order valence-corrected chi connectivity index (χ2v) is 8.17. The number of hydrogen-bond donors (Lipinski definition) is 3. The molecule has 0 aliphatic carbocycles. The van der Waals surface area contributed by atoms with Crippen molar-refractivity contribution >= 4 is 45.6 Å². The van der Waals surface area contributed by atoms with Crippen LogP contribution in [0.4, 0.5) is 15.9 Å². The van der Waals surface area contributed by atoms with E-state index in [4.69, 9.17) is 11.6 Å². The number of carbonyl (C=O) groups is 1. The summed E-state index contributed by atoms with van der Waals surface area (Å²) in [7, 11) is 3.45. The number of aromatic amines is 1. The van der Waals surface area contributed by atoms with Gasteiger partial charge in [-0.25, -0.2) is 9.37 Å². The second kappa shape index (κ2) is 8.12. The van der Waals surface area contributed by atoms with Crippen LogP contribution < -0.4 is 10.6 Å². The molecule has 0 atom stereocenters. The van der Waals surface area contributed by atoms with Gasteiger partial charge in [-0.05, 0) is 13.8 Å². The predicted octanol–water partition coefficient (Wildman–Crippen LogP) is 3.90. The first kappa shape index (κ1) is 21.6. The first-order valence-corrected chi connectivity index (χ1v) is 10.2. The molecule has 3 aromatic heterocycles. The van der Waals surface area contributed by atoms with Gasteiger partial charge in [-0.1, -0.05) is 18.2 Å². The molecule has 0 aliphatic rings. The molecule has 0 fully saturated rings. The molecule has 0 unspecified atom stereocenters. The number of rotatable bonds is 6. The highest BCUT2D eigenvalue weighted by molar-refractivity contribution is 6.35. The van der Waals surface area contributed by atoms with Crippen LogP contribution in [0.1, 0.15) is 13.8 Å². The quantitative estimate of drug-likeness (QED) is 0.380. The third-order valence-corrected chi connectivity index (χ3v) is 5.22. The van der Waals surface area contributed by atoms with E-state index in [0.717, 1.165) is 0 Å². The minimum absolute atomic E-state index is 0.00412. The van der Waals surface area contributed by atoms with Crippen LogP contribution in [0, 0.1) is 5.82 Å². The molecule has 1 amide bonds. The Morgan fingerprint density at radius 2 is 2.06 bits per heavy atom. The van der Waals surface area contributed by atoms with E-state index in [9.17, 15) is 4.79 Å². The number of aromatic nitrogens is 5. The Hall–Kier alpha value is -3.66. The van der Waals surface area contributed by atoms with Gasteiger partial charge in [-0.3, -0.25) is 14.9 Å². The summed E-state index contributed by atoms with van der Waals surface area (Å²) in [6, 6.07) is -0.00412. The third kappa shape index (κ3) is 3.73. The summed E-state index contributed by atoms with van der Waals surface area (Å²) >= 11 is 6.45. The van der Waals surface area contributed by atoms with Gasteiger partial charge < -0.3 is 19.9 Å². The molecule has 1 aromatic carbocycles. The molecule has 3 N–H and O–H groups in total. The lowest BCUT2D eigenvalue weighted by Gasteiger charge is -2.15. The number of imidazole rings is 1. The summed E-state index contributed by atoms with van der Waals surface area (Å²) in [5.41, 5.74) is 2.38. The zero-order chi connectivity index (χ0) is 23.2. The van der Waals surface area contributed by atoms with Crippen molar-refractivity contribution in [2.45, 2.75) is 19.9 Å². The lowest BCUT2D eigenvalue weighted by Crippen LogP contribution is -2.24. The Bertz CT molecular complexity index is 1360. The van der Waals surface area contributed by atoms with Crippen LogP contribution in [0.3, 0.4) is 0 Å². The molecule has 0 spiro atoms. The molecule has 0 bridgehead atoms. The summed E-state index contributed by atoms with van der Waals surface area (Å²) < 4.78 is 16.8. The van der Waals surface area contributed by atoms with Crippen LogP contribution in [-0.4, -0.2) is 55.5 Å². The third-order valence-electron chi connectivity index (χ3n) is 4.86. The molecule has 32 heavy (non-hydrogen) atoms. The largest absolute Gasteiger partial charge is 0.379 e. The predicted molar refractivity (Wildman–Crippen MR) is 123 cm³/mol. The highest BCUT2D eigenvalue weighted by Crippen LogP contribution is 2.40. The van der Waals surface area contributed by atoms with Gasteiger partial charge in [0.1, 0.15) is 0 Å². The Morgan fingerprint density at radius 1 is 1.31 bits per heavy atom. The van der Waals surface area contributed by atoms with Crippen molar-refractivity contribution in [3.05, 3.63) is 47.9 Å². The first-order chi connectivity index (χ1) is 15.2. The summed E-state index contributed by atoms with van der Waals surface area (Å²) in [5, 5.41) is 13.2. The number of likely N-dealkylation sites (N-methyl/N-ethyl adjacent to an activating group) is 1. The van der Waals surface area contributed by atoms with Crippen molar-refractivity contribution in [1.82, 2.24) is 29.5 Å². The first-order valence-electron chi connectivity index (χ1n) is 9.80. The minimum Gasteiger partial charge on any atom is -0.379 e. The molecule has 0 aliphatic heterocycles. The van der Waals surface area contributed by atoms with Crippen molar-refractivity contribution in [1.29, 1.82) is 0 Å². The van der Waals surface area contributed by atoms with Crippen LogP contribution in [0.25, 0.3) is 27.8 Å². The van der Waals surface area contributed by atoms with E-state index in [-0.39, 0.29) is 22.7 Å². The molecule has 0 saturated carbocycles. The highest BCUT2D eigenvalue weighted by atomic mass is 35.5. The molecule has 0 saturated heterocycles. The van der Waals surface area contributed by atoms with Gasteiger partial charge in [-0.15, -0.1) is 0 Å². The fraction of sp³-hybridized carbons (Fsp3) is 0.238. The highest BCUT2D eigenvalue weighted by Gasteiger charge is 2.23. The Labute approximate surface area is 188 Å². The summed E-state index contributed by atoms with van der Waals surface area (Å²) in [4.78, 5) is 22.6. The van der Waals surface area contributed by atoms with Gasteiger partial charge >= 0.3 is 0 Å². The van der Waals surface area contributed by atoms with Crippen molar-refractivity contribution in [3.8, 4) is 11.3 Å². The molecule has 4 aromatic rings. The van der Waals surface area contributed by atoms with E-state index in [1.54, 1.807) is 42.0 Å². The number of nitrogens with zero attached hydrogens (tertiary/aromatic N) is 5. The van der Waals surface area contributed by atoms with Crippen molar-refractivity contribution in [2.75, 3.05) is 24.7 Å². The molecule has 9 nitrogen and oxygen atoms in total. The zero-order valence-corrected chi connectivity index (χ0v) is 18.8. The van der Waals surface area contributed by atoms with Gasteiger partial charge in [0.05, 0.1) is 46.2 Å². The van der Waals surface area contributed by atoms with Crippen LogP contribution in [0.5, 0.6) is 0 Å². The van der Waals surface area contributed by atoms with E-state index in [1.165, 1.54) is 6.20 Å².